The smallest absolute Gasteiger partial charge is 0.411 e. The van der Waals surface area contributed by atoms with Gasteiger partial charge >= 0.3 is 6.18 Å². The fraction of sp³-hybridized carbons (Fsp3) is 0.250. The zero-order chi connectivity index (χ0) is 13.3. The Labute approximate surface area is 101 Å². The van der Waals surface area contributed by atoms with E-state index in [1.807, 2.05) is 5.32 Å². The van der Waals surface area contributed by atoms with E-state index in [4.69, 9.17) is 4.42 Å². The molecule has 6 heteroatoms. The van der Waals surface area contributed by atoms with E-state index in [0.717, 1.165) is 12.4 Å². The van der Waals surface area contributed by atoms with Crippen molar-refractivity contribution in [2.45, 2.75) is 12.2 Å². The van der Waals surface area contributed by atoms with Gasteiger partial charge in [-0.25, -0.2) is 0 Å². The van der Waals surface area contributed by atoms with E-state index in [1.54, 1.807) is 12.1 Å². The van der Waals surface area contributed by atoms with Gasteiger partial charge < -0.3 is 9.73 Å². The second-order valence-electron chi connectivity index (χ2n) is 3.80. The van der Waals surface area contributed by atoms with E-state index >= 15 is 0 Å². The van der Waals surface area contributed by atoms with Gasteiger partial charge in [-0.2, -0.15) is 13.2 Å². The summed E-state index contributed by atoms with van der Waals surface area (Å²) in [7, 11) is 1.10. The first-order chi connectivity index (χ1) is 8.43. The van der Waals surface area contributed by atoms with Crippen molar-refractivity contribution >= 4 is 16.8 Å². The first kappa shape index (κ1) is 12.6. The van der Waals surface area contributed by atoms with Gasteiger partial charge in [0.2, 0.25) is 0 Å². The minimum atomic E-state index is -4.62. The fourth-order valence-electron chi connectivity index (χ4n) is 1.72. The molecule has 1 atom stereocenters. The predicted molar refractivity (Wildman–Crippen MR) is 59.4 cm³/mol. The lowest BCUT2D eigenvalue weighted by atomic mass is 10.0. The van der Waals surface area contributed by atoms with Crippen molar-refractivity contribution in [3.05, 3.63) is 36.1 Å². The number of fused-ring (bicyclic) bond motifs is 1. The molecule has 1 aromatic heterocycles. The standard InChI is InChI=1S/C12H10F3NO2/c1-16-11(12(13,14)15)10(17)8-3-2-7-4-5-18-9(7)6-8/h2-6,11,16H,1H3. The Morgan fingerprint density at radius 3 is 2.67 bits per heavy atom. The molecule has 0 radical (unpaired) electrons. The molecule has 0 saturated carbocycles. The summed E-state index contributed by atoms with van der Waals surface area (Å²) in [6, 6.07) is 3.69. The highest BCUT2D eigenvalue weighted by molar-refractivity contribution is 6.02. The second-order valence-corrected chi connectivity index (χ2v) is 3.80. The van der Waals surface area contributed by atoms with Gasteiger partial charge in [-0.15, -0.1) is 0 Å². The summed E-state index contributed by atoms with van der Waals surface area (Å²) >= 11 is 0. The van der Waals surface area contributed by atoms with E-state index in [-0.39, 0.29) is 5.56 Å². The molecule has 18 heavy (non-hydrogen) atoms. The minimum absolute atomic E-state index is 0.0332. The van der Waals surface area contributed by atoms with Gasteiger partial charge in [-0.3, -0.25) is 4.79 Å². The topological polar surface area (TPSA) is 42.2 Å². The van der Waals surface area contributed by atoms with Crippen LogP contribution in [-0.4, -0.2) is 25.0 Å². The number of carbonyl (C=O) groups is 1. The molecule has 0 aliphatic rings. The van der Waals surface area contributed by atoms with Crippen LogP contribution in [0.4, 0.5) is 13.2 Å². The Kier molecular flexibility index (Phi) is 3.13. The van der Waals surface area contributed by atoms with E-state index in [0.29, 0.717) is 5.58 Å². The van der Waals surface area contributed by atoms with E-state index < -0.39 is 18.0 Å². The van der Waals surface area contributed by atoms with Crippen molar-refractivity contribution in [3.8, 4) is 0 Å². The molecule has 0 saturated heterocycles. The average molecular weight is 257 g/mol. The second kappa shape index (κ2) is 4.45. The predicted octanol–water partition coefficient (Wildman–Crippen LogP) is 2.77. The van der Waals surface area contributed by atoms with Crippen LogP contribution in [0.5, 0.6) is 0 Å². The number of alkyl halides is 3. The number of benzene rings is 1. The number of Topliss-reactive ketones (excluding diaryl/α,β-unsaturated/α-hetero) is 1. The molecule has 96 valence electrons. The highest BCUT2D eigenvalue weighted by Crippen LogP contribution is 2.24. The number of ketones is 1. The molecular formula is C12H10F3NO2. The Morgan fingerprint density at radius 2 is 2.06 bits per heavy atom. The van der Waals surface area contributed by atoms with Crippen LogP contribution in [0, 0.1) is 0 Å². The third kappa shape index (κ3) is 2.24. The van der Waals surface area contributed by atoms with Crippen LogP contribution in [-0.2, 0) is 0 Å². The third-order valence-electron chi connectivity index (χ3n) is 2.62. The number of hydrogen-bond acceptors (Lipinski definition) is 3. The molecule has 0 bridgehead atoms. The van der Waals surface area contributed by atoms with Crippen LogP contribution < -0.4 is 5.32 Å². The average Bonchev–Trinajstić information content (AvgIpc) is 2.74. The van der Waals surface area contributed by atoms with Crippen LogP contribution in [0.1, 0.15) is 10.4 Å². The largest absolute Gasteiger partial charge is 0.464 e. The van der Waals surface area contributed by atoms with Crippen molar-refractivity contribution in [3.63, 3.8) is 0 Å². The SMILES string of the molecule is CNC(C(=O)c1ccc2ccoc2c1)C(F)(F)F. The van der Waals surface area contributed by atoms with E-state index in [9.17, 15) is 18.0 Å². The van der Waals surface area contributed by atoms with Crippen molar-refractivity contribution in [1.29, 1.82) is 0 Å². The van der Waals surface area contributed by atoms with E-state index in [2.05, 4.69) is 0 Å². The lowest BCUT2D eigenvalue weighted by molar-refractivity contribution is -0.143. The van der Waals surface area contributed by atoms with Crippen molar-refractivity contribution in [2.24, 2.45) is 0 Å². The van der Waals surface area contributed by atoms with Crippen LogP contribution in [0.15, 0.2) is 34.9 Å². The fourth-order valence-corrected chi connectivity index (χ4v) is 1.72. The first-order valence-corrected chi connectivity index (χ1v) is 5.19. The molecule has 3 nitrogen and oxygen atoms in total. The summed E-state index contributed by atoms with van der Waals surface area (Å²) in [6.45, 7) is 0. The molecule has 0 fully saturated rings. The molecule has 0 aliphatic heterocycles. The Balaban J connectivity index is 2.37. The molecule has 1 N–H and O–H groups in total. The number of carbonyl (C=O) groups excluding carboxylic acids is 1. The Hall–Kier alpha value is -1.82. The van der Waals surface area contributed by atoms with Crippen molar-refractivity contribution in [2.75, 3.05) is 7.05 Å². The normalized spacial score (nSPS) is 13.8. The van der Waals surface area contributed by atoms with Crippen molar-refractivity contribution < 1.29 is 22.4 Å². The molecule has 1 heterocycles. The van der Waals surface area contributed by atoms with Gasteiger partial charge in [0.05, 0.1) is 6.26 Å². The molecule has 2 aromatic rings. The first-order valence-electron chi connectivity index (χ1n) is 5.19. The number of rotatable bonds is 3. The molecule has 0 amide bonds. The molecule has 0 aliphatic carbocycles. The lowest BCUT2D eigenvalue weighted by Gasteiger charge is -2.18. The third-order valence-corrected chi connectivity index (χ3v) is 2.62. The van der Waals surface area contributed by atoms with Gasteiger partial charge in [0.25, 0.3) is 0 Å². The molecular weight excluding hydrogens is 247 g/mol. The summed E-state index contributed by atoms with van der Waals surface area (Å²) in [5.41, 5.74) is 0.354. The summed E-state index contributed by atoms with van der Waals surface area (Å²) in [4.78, 5) is 11.8. The molecule has 1 aromatic carbocycles. The van der Waals surface area contributed by atoms with Crippen LogP contribution in [0.2, 0.25) is 0 Å². The summed E-state index contributed by atoms with van der Waals surface area (Å²) in [5.74, 6) is -1.02. The quantitative estimate of drug-likeness (QED) is 0.860. The summed E-state index contributed by atoms with van der Waals surface area (Å²) < 4.78 is 42.9. The Bertz CT molecular complexity index is 574. The maximum absolute atomic E-state index is 12.6. The number of likely N-dealkylation sites (N-methyl/N-ethyl adjacent to an activating group) is 1. The molecule has 0 spiro atoms. The van der Waals surface area contributed by atoms with Gasteiger partial charge in [-0.1, -0.05) is 12.1 Å². The number of nitrogens with one attached hydrogen (secondary N) is 1. The summed E-state index contributed by atoms with van der Waals surface area (Å²) in [5, 5.41) is 2.71. The Morgan fingerprint density at radius 1 is 1.33 bits per heavy atom. The minimum Gasteiger partial charge on any atom is -0.464 e. The van der Waals surface area contributed by atoms with Crippen LogP contribution in [0.3, 0.4) is 0 Å². The number of halogens is 3. The zero-order valence-corrected chi connectivity index (χ0v) is 9.41. The highest BCUT2D eigenvalue weighted by atomic mass is 19.4. The summed E-state index contributed by atoms with van der Waals surface area (Å²) in [6.07, 6.45) is -3.21. The van der Waals surface area contributed by atoms with Crippen LogP contribution >= 0.6 is 0 Å². The van der Waals surface area contributed by atoms with Crippen LogP contribution in [0.25, 0.3) is 11.0 Å². The lowest BCUT2D eigenvalue weighted by Crippen LogP contribution is -2.46. The number of hydrogen-bond donors (Lipinski definition) is 1. The molecule has 1 unspecified atom stereocenters. The van der Waals surface area contributed by atoms with Crippen molar-refractivity contribution in [1.82, 2.24) is 5.32 Å². The zero-order valence-electron chi connectivity index (χ0n) is 9.41. The van der Waals surface area contributed by atoms with Gasteiger partial charge in [-0.05, 0) is 19.2 Å². The highest BCUT2D eigenvalue weighted by Gasteiger charge is 2.44. The maximum atomic E-state index is 12.6. The van der Waals surface area contributed by atoms with Gasteiger partial charge in [0.15, 0.2) is 11.8 Å². The maximum Gasteiger partial charge on any atom is 0.411 e. The van der Waals surface area contributed by atoms with E-state index in [1.165, 1.54) is 18.4 Å². The number of furan rings is 1. The molecule has 2 rings (SSSR count). The monoisotopic (exact) mass is 257 g/mol. The van der Waals surface area contributed by atoms with Gasteiger partial charge in [0.1, 0.15) is 5.58 Å². The van der Waals surface area contributed by atoms with Gasteiger partial charge in [0, 0.05) is 10.9 Å².